The van der Waals surface area contributed by atoms with E-state index in [2.05, 4.69) is 111 Å². The van der Waals surface area contributed by atoms with Crippen molar-refractivity contribution < 1.29 is 14.2 Å². The Morgan fingerprint density at radius 1 is 0.458 bits per heavy atom. The van der Waals surface area contributed by atoms with E-state index < -0.39 is 0 Å². The maximum atomic E-state index is 5.95. The third-order valence-electron chi connectivity index (χ3n) is 9.03. The number of hydrogen-bond acceptors (Lipinski definition) is 8. The third-order valence-corrected chi connectivity index (χ3v) is 9.03. The van der Waals surface area contributed by atoms with Gasteiger partial charge in [-0.2, -0.15) is 0 Å². The predicted octanol–water partition coefficient (Wildman–Crippen LogP) is 6.90. The van der Waals surface area contributed by atoms with Crippen LogP contribution in [0.15, 0.2) is 84.9 Å². The lowest BCUT2D eigenvalue weighted by Crippen LogP contribution is -2.26. The second kappa shape index (κ2) is 18.7. The van der Waals surface area contributed by atoms with Crippen molar-refractivity contribution in [1.29, 1.82) is 0 Å². The molecule has 9 bridgehead atoms. The molecule has 0 radical (unpaired) electrons. The summed E-state index contributed by atoms with van der Waals surface area (Å²) in [6.45, 7) is 11.2. The quantitative estimate of drug-likeness (QED) is 0.190. The maximum Gasteiger partial charge on any atom is 0.0701 e. The molecule has 8 heteroatoms. The highest BCUT2D eigenvalue weighted by Gasteiger charge is 2.13. The van der Waals surface area contributed by atoms with Crippen LogP contribution in [0.4, 0.5) is 22.7 Å². The van der Waals surface area contributed by atoms with Crippen molar-refractivity contribution in [3.8, 4) is 0 Å². The van der Waals surface area contributed by atoms with Gasteiger partial charge in [0.15, 0.2) is 0 Å². The molecule has 0 saturated carbocycles. The van der Waals surface area contributed by atoms with Crippen molar-refractivity contribution in [2.45, 2.75) is 38.8 Å². The minimum absolute atomic E-state index is 0.593. The first kappa shape index (κ1) is 34.1. The first-order valence-electron chi connectivity index (χ1n) is 17.9. The van der Waals surface area contributed by atoms with E-state index in [1.165, 1.54) is 44.6 Å². The van der Waals surface area contributed by atoms with Crippen LogP contribution in [0.2, 0.25) is 0 Å². The van der Waals surface area contributed by atoms with Gasteiger partial charge in [0.25, 0.3) is 0 Å². The normalized spacial score (nSPS) is 18.5. The Kier molecular flexibility index (Phi) is 13.2. The Morgan fingerprint density at radius 3 is 1.48 bits per heavy atom. The van der Waals surface area contributed by atoms with Gasteiger partial charge in [-0.25, -0.2) is 0 Å². The predicted molar refractivity (Wildman–Crippen MR) is 200 cm³/mol. The van der Waals surface area contributed by atoms with Gasteiger partial charge in [-0.05, 0) is 109 Å². The van der Waals surface area contributed by atoms with Crippen molar-refractivity contribution in [3.05, 3.63) is 96.1 Å². The average molecular weight is 652 g/mol. The van der Waals surface area contributed by atoms with E-state index in [4.69, 9.17) is 14.2 Å². The minimum Gasteiger partial charge on any atom is -0.385 e. The Morgan fingerprint density at radius 2 is 0.958 bits per heavy atom. The van der Waals surface area contributed by atoms with Crippen LogP contribution in [0, 0.1) is 0 Å². The molecule has 2 heterocycles. The molecule has 4 aromatic rings. The molecule has 256 valence electrons. The summed E-state index contributed by atoms with van der Waals surface area (Å²) in [5.41, 5.74) is 7.42. The zero-order chi connectivity index (χ0) is 32.6. The van der Waals surface area contributed by atoms with Crippen molar-refractivity contribution in [2.75, 3.05) is 99.3 Å². The molecule has 2 aliphatic heterocycles. The second-order valence-corrected chi connectivity index (χ2v) is 12.8. The zero-order valence-electron chi connectivity index (χ0n) is 28.4. The number of anilines is 4. The van der Waals surface area contributed by atoms with E-state index in [1.807, 2.05) is 0 Å². The Hall–Kier alpha value is -3.82. The second-order valence-electron chi connectivity index (χ2n) is 12.8. The lowest BCUT2D eigenvalue weighted by Gasteiger charge is -2.27. The number of nitrogens with one attached hydrogen (secondary N) is 3. The number of ether oxygens (including phenoxy) is 3. The number of hydrogen-bond donors (Lipinski definition) is 3. The summed E-state index contributed by atoms with van der Waals surface area (Å²) < 4.78 is 17.7. The molecule has 0 amide bonds. The molecule has 4 aromatic carbocycles. The SMILES string of the molecule is c1cc2cc(c1)NCCCNCCCNc1cccc(c1)CN1CCCOCCOCCOCCCN(C2)c2ccc3ccc1cc3c2. The van der Waals surface area contributed by atoms with Crippen molar-refractivity contribution in [2.24, 2.45) is 0 Å². The Bertz CT molecular complexity index is 1440. The fraction of sp³-hybridized carbons (Fsp3) is 0.450. The average Bonchev–Trinajstić information content (AvgIpc) is 3.11. The highest BCUT2D eigenvalue weighted by molar-refractivity contribution is 5.89. The van der Waals surface area contributed by atoms with Gasteiger partial charge in [-0.3, -0.25) is 0 Å². The van der Waals surface area contributed by atoms with Crippen LogP contribution in [-0.4, -0.2) is 78.9 Å². The van der Waals surface area contributed by atoms with Gasteiger partial charge in [0.05, 0.1) is 26.4 Å². The van der Waals surface area contributed by atoms with Gasteiger partial charge in [0.2, 0.25) is 0 Å². The summed E-state index contributed by atoms with van der Waals surface area (Å²) in [6.07, 6.45) is 4.04. The molecule has 0 aliphatic carbocycles. The van der Waals surface area contributed by atoms with Crippen LogP contribution in [-0.2, 0) is 27.3 Å². The molecule has 0 aromatic heterocycles. The molecular weight excluding hydrogens is 598 g/mol. The van der Waals surface area contributed by atoms with Crippen LogP contribution in [0.3, 0.4) is 0 Å². The number of fused-ring (bicyclic) bond motifs is 4. The summed E-state index contributed by atoms with van der Waals surface area (Å²) in [7, 11) is 0. The molecular formula is C40H53N5O3. The van der Waals surface area contributed by atoms with Gasteiger partial charge in [-0.15, -0.1) is 0 Å². The fourth-order valence-corrected chi connectivity index (χ4v) is 6.49. The molecule has 8 nitrogen and oxygen atoms in total. The highest BCUT2D eigenvalue weighted by atomic mass is 16.5. The maximum absolute atomic E-state index is 5.95. The van der Waals surface area contributed by atoms with Gasteiger partial charge in [-0.1, -0.05) is 36.4 Å². The lowest BCUT2D eigenvalue weighted by atomic mass is 10.1. The van der Waals surface area contributed by atoms with Gasteiger partial charge in [0.1, 0.15) is 0 Å². The molecule has 0 saturated heterocycles. The zero-order valence-corrected chi connectivity index (χ0v) is 28.4. The smallest absolute Gasteiger partial charge is 0.0701 e. The summed E-state index contributed by atoms with van der Waals surface area (Å²) in [6, 6.07) is 31.6. The molecule has 0 unspecified atom stereocenters. The van der Waals surface area contributed by atoms with Gasteiger partial charge < -0.3 is 40.0 Å². The van der Waals surface area contributed by atoms with Crippen LogP contribution in [0.1, 0.15) is 36.8 Å². The molecule has 48 heavy (non-hydrogen) atoms. The number of benzene rings is 4. The molecule has 3 N–H and O–H groups in total. The fourth-order valence-electron chi connectivity index (χ4n) is 6.49. The molecule has 6 rings (SSSR count). The monoisotopic (exact) mass is 651 g/mol. The standard InChI is InChI=1S/C40H53N5O3/c1-7-33-27-37(9-1)42-17-3-15-41-16-4-18-43-38-10-2-8-34(28-38)32-45-20-6-22-47-24-26-48-25-23-46-21-5-19-44(31-33)39-13-11-35-12-14-40(45)30-36(35)29-39/h1-2,7-14,27-30,41-43H,3-6,15-26,31-32H2. The van der Waals surface area contributed by atoms with E-state index in [0.29, 0.717) is 39.6 Å². The first-order valence-corrected chi connectivity index (χ1v) is 17.9. The largest absolute Gasteiger partial charge is 0.385 e. The van der Waals surface area contributed by atoms with E-state index in [1.54, 1.807) is 0 Å². The third kappa shape index (κ3) is 10.6. The first-order chi connectivity index (χ1) is 23.8. The van der Waals surface area contributed by atoms with Crippen LogP contribution >= 0.6 is 0 Å². The van der Waals surface area contributed by atoms with E-state index >= 15 is 0 Å². The topological polar surface area (TPSA) is 70.3 Å². The summed E-state index contributed by atoms with van der Waals surface area (Å²) in [5, 5.41) is 13.4. The summed E-state index contributed by atoms with van der Waals surface area (Å²) in [5.74, 6) is 0. The van der Waals surface area contributed by atoms with E-state index in [-0.39, 0.29) is 0 Å². The van der Waals surface area contributed by atoms with Gasteiger partial charge in [0, 0.05) is 75.2 Å². The van der Waals surface area contributed by atoms with E-state index in [0.717, 1.165) is 78.0 Å². The molecule has 2 aliphatic rings. The molecule has 0 spiro atoms. The molecule has 0 atom stereocenters. The van der Waals surface area contributed by atoms with Gasteiger partial charge >= 0.3 is 0 Å². The van der Waals surface area contributed by atoms with Crippen LogP contribution in [0.25, 0.3) is 10.8 Å². The van der Waals surface area contributed by atoms with Crippen molar-refractivity contribution in [1.82, 2.24) is 5.32 Å². The number of nitrogens with zero attached hydrogens (tertiary/aromatic N) is 2. The summed E-state index contributed by atoms with van der Waals surface area (Å²) in [4.78, 5) is 5.00. The minimum atomic E-state index is 0.593. The van der Waals surface area contributed by atoms with E-state index in [9.17, 15) is 0 Å². The van der Waals surface area contributed by atoms with Crippen molar-refractivity contribution >= 4 is 33.5 Å². The van der Waals surface area contributed by atoms with Crippen LogP contribution in [0.5, 0.6) is 0 Å². The lowest BCUT2D eigenvalue weighted by molar-refractivity contribution is 0.0142. The van der Waals surface area contributed by atoms with Crippen LogP contribution < -0.4 is 25.8 Å². The van der Waals surface area contributed by atoms with Crippen molar-refractivity contribution in [3.63, 3.8) is 0 Å². The Balaban J connectivity index is 1.32. The number of rotatable bonds is 0. The summed E-state index contributed by atoms with van der Waals surface area (Å²) >= 11 is 0. The molecule has 0 fully saturated rings. The highest BCUT2D eigenvalue weighted by Crippen LogP contribution is 2.29. The Labute approximate surface area is 286 Å².